The van der Waals surface area contributed by atoms with Crippen LogP contribution in [0.5, 0.6) is 0 Å². The maximum atomic E-state index is 8.35. The number of benzene rings is 2. The van der Waals surface area contributed by atoms with Gasteiger partial charge in [0.05, 0.1) is 0 Å². The molecular formula is C13H6BrN. The van der Waals surface area contributed by atoms with Crippen LogP contribution < -0.4 is 0 Å². The first-order valence-electron chi connectivity index (χ1n) is 4.39. The molecule has 0 aliphatic heterocycles. The second kappa shape index (κ2) is 4.17. The Hall–Kier alpha value is -1.77. The van der Waals surface area contributed by atoms with Gasteiger partial charge >= 0.3 is 0 Å². The Morgan fingerprint density at radius 3 is 2.53 bits per heavy atom. The molecule has 0 radical (unpaired) electrons. The molecule has 0 fully saturated rings. The Labute approximate surface area is 96.5 Å². The summed E-state index contributed by atoms with van der Waals surface area (Å²) in [5.74, 6) is 5.17. The fourth-order valence-corrected chi connectivity index (χ4v) is 1.77. The minimum Gasteiger partial charge on any atom is -0.183 e. The summed E-state index contributed by atoms with van der Waals surface area (Å²) in [7, 11) is 0. The Kier molecular flexibility index (Phi) is 2.72. The quantitative estimate of drug-likeness (QED) is 0.662. The van der Waals surface area contributed by atoms with E-state index < -0.39 is 0 Å². The molecule has 1 nitrogen and oxygen atoms in total. The van der Waals surface area contributed by atoms with Crippen molar-refractivity contribution < 1.29 is 0 Å². The summed E-state index contributed by atoms with van der Waals surface area (Å²) in [5, 5.41) is 10.6. The molecule has 70 valence electrons. The smallest absolute Gasteiger partial charge is 0.152 e. The van der Waals surface area contributed by atoms with Crippen molar-refractivity contribution in [2.75, 3.05) is 0 Å². The number of rotatable bonds is 0. The number of halogens is 1. The zero-order chi connectivity index (χ0) is 10.7. The number of hydrogen-bond donors (Lipinski definition) is 0. The van der Waals surface area contributed by atoms with Crippen molar-refractivity contribution in [3.63, 3.8) is 0 Å². The molecule has 0 spiro atoms. The maximum Gasteiger partial charge on any atom is 0.152 e. The van der Waals surface area contributed by atoms with E-state index in [1.54, 1.807) is 6.07 Å². The third kappa shape index (κ3) is 2.18. The Morgan fingerprint density at radius 2 is 1.73 bits per heavy atom. The summed E-state index contributed by atoms with van der Waals surface area (Å²) < 4.78 is 1.06. The molecule has 15 heavy (non-hydrogen) atoms. The van der Waals surface area contributed by atoms with Gasteiger partial charge in [0.2, 0.25) is 0 Å². The molecule has 0 aliphatic carbocycles. The first-order chi connectivity index (χ1) is 7.29. The first-order valence-corrected chi connectivity index (χ1v) is 5.18. The van der Waals surface area contributed by atoms with Crippen LogP contribution in [0.2, 0.25) is 0 Å². The highest BCUT2D eigenvalue weighted by molar-refractivity contribution is 9.10. The van der Waals surface area contributed by atoms with Gasteiger partial charge in [-0.1, -0.05) is 34.0 Å². The minimum absolute atomic E-state index is 0.867. The standard InChI is InChI=1S/C13H6BrN/c14-13-6-5-11-8-10(2-1-7-15)3-4-12(11)9-13/h3-6,8-9H. The summed E-state index contributed by atoms with van der Waals surface area (Å²) in [4.78, 5) is 0. The minimum atomic E-state index is 0.867. The van der Waals surface area contributed by atoms with E-state index in [1.807, 2.05) is 30.3 Å². The van der Waals surface area contributed by atoms with Crippen LogP contribution >= 0.6 is 15.9 Å². The van der Waals surface area contributed by atoms with E-state index in [2.05, 4.69) is 33.8 Å². The molecule has 2 heteroatoms. The lowest BCUT2D eigenvalue weighted by Gasteiger charge is -1.98. The van der Waals surface area contributed by atoms with Crippen LogP contribution in [0.4, 0.5) is 0 Å². The largest absolute Gasteiger partial charge is 0.183 e. The van der Waals surface area contributed by atoms with Crippen molar-refractivity contribution in [3.05, 3.63) is 46.4 Å². The molecule has 2 aromatic carbocycles. The second-order valence-electron chi connectivity index (χ2n) is 3.07. The second-order valence-corrected chi connectivity index (χ2v) is 3.98. The van der Waals surface area contributed by atoms with Gasteiger partial charge in [-0.25, -0.2) is 0 Å². The van der Waals surface area contributed by atoms with Gasteiger partial charge in [0.1, 0.15) is 0 Å². The third-order valence-corrected chi connectivity index (χ3v) is 2.56. The van der Waals surface area contributed by atoms with Gasteiger partial charge < -0.3 is 0 Å². The van der Waals surface area contributed by atoms with Crippen LogP contribution in [0.3, 0.4) is 0 Å². The molecule has 0 saturated heterocycles. The number of nitriles is 1. The van der Waals surface area contributed by atoms with Crippen LogP contribution in [-0.2, 0) is 0 Å². The van der Waals surface area contributed by atoms with Crippen molar-refractivity contribution in [1.29, 1.82) is 5.26 Å². The van der Waals surface area contributed by atoms with Gasteiger partial charge in [0.25, 0.3) is 0 Å². The van der Waals surface area contributed by atoms with E-state index in [9.17, 15) is 0 Å². The predicted octanol–water partition coefficient (Wildman–Crippen LogP) is 3.48. The molecule has 2 rings (SSSR count). The van der Waals surface area contributed by atoms with Crippen LogP contribution in [0.25, 0.3) is 10.8 Å². The molecule has 0 amide bonds. The van der Waals surface area contributed by atoms with Gasteiger partial charge in [-0.05, 0) is 35.0 Å². The summed E-state index contributed by atoms with van der Waals surface area (Å²) in [6, 6.07) is 13.8. The highest BCUT2D eigenvalue weighted by Crippen LogP contribution is 2.20. The van der Waals surface area contributed by atoms with Gasteiger partial charge in [-0.2, -0.15) is 5.26 Å². The lowest BCUT2D eigenvalue weighted by Crippen LogP contribution is -1.76. The Morgan fingerprint density at radius 1 is 1.00 bits per heavy atom. The Balaban J connectivity index is 2.58. The zero-order valence-electron chi connectivity index (χ0n) is 7.79. The number of fused-ring (bicyclic) bond motifs is 1. The van der Waals surface area contributed by atoms with Crippen molar-refractivity contribution in [2.24, 2.45) is 0 Å². The fourth-order valence-electron chi connectivity index (χ4n) is 1.39. The van der Waals surface area contributed by atoms with E-state index in [-0.39, 0.29) is 0 Å². The Bertz CT molecular complexity index is 612. The summed E-state index contributed by atoms with van der Waals surface area (Å²) in [5.41, 5.74) is 0.867. The van der Waals surface area contributed by atoms with E-state index in [0.717, 1.165) is 20.8 Å². The molecule has 0 N–H and O–H groups in total. The zero-order valence-corrected chi connectivity index (χ0v) is 9.38. The fraction of sp³-hybridized carbons (Fsp3) is 0. The van der Waals surface area contributed by atoms with Crippen LogP contribution in [0.1, 0.15) is 5.56 Å². The van der Waals surface area contributed by atoms with E-state index in [1.165, 1.54) is 0 Å². The third-order valence-electron chi connectivity index (χ3n) is 2.07. The highest BCUT2D eigenvalue weighted by atomic mass is 79.9. The van der Waals surface area contributed by atoms with Crippen molar-refractivity contribution in [3.8, 4) is 17.9 Å². The van der Waals surface area contributed by atoms with Gasteiger partial charge in [-0.15, -0.1) is 0 Å². The van der Waals surface area contributed by atoms with E-state index in [4.69, 9.17) is 5.26 Å². The topological polar surface area (TPSA) is 23.8 Å². The van der Waals surface area contributed by atoms with Gasteiger partial charge in [-0.3, -0.25) is 0 Å². The summed E-state index contributed by atoms with van der Waals surface area (Å²) >= 11 is 3.42. The maximum absolute atomic E-state index is 8.35. The number of hydrogen-bond acceptors (Lipinski definition) is 1. The summed E-state index contributed by atoms with van der Waals surface area (Å²) in [6.07, 6.45) is 0. The van der Waals surface area contributed by atoms with Gasteiger partial charge in [0.15, 0.2) is 6.07 Å². The van der Waals surface area contributed by atoms with Crippen LogP contribution in [-0.4, -0.2) is 0 Å². The first kappa shape index (κ1) is 9.77. The van der Waals surface area contributed by atoms with Crippen LogP contribution in [0.15, 0.2) is 40.9 Å². The SMILES string of the molecule is N#CC#Cc1ccc2cc(Br)ccc2c1. The van der Waals surface area contributed by atoms with E-state index >= 15 is 0 Å². The predicted molar refractivity (Wildman–Crippen MR) is 64.1 cm³/mol. The van der Waals surface area contributed by atoms with Crippen molar-refractivity contribution in [2.45, 2.75) is 0 Å². The molecule has 0 unspecified atom stereocenters. The molecule has 0 aliphatic rings. The monoisotopic (exact) mass is 255 g/mol. The van der Waals surface area contributed by atoms with Gasteiger partial charge in [0, 0.05) is 16.0 Å². The van der Waals surface area contributed by atoms with Crippen LogP contribution in [0, 0.1) is 23.2 Å². The molecular weight excluding hydrogens is 250 g/mol. The highest BCUT2D eigenvalue weighted by Gasteiger charge is 1.95. The summed E-state index contributed by atoms with van der Waals surface area (Å²) in [6.45, 7) is 0. The van der Waals surface area contributed by atoms with E-state index in [0.29, 0.717) is 0 Å². The molecule has 0 bridgehead atoms. The van der Waals surface area contributed by atoms with Crippen molar-refractivity contribution >= 4 is 26.7 Å². The molecule has 0 aromatic heterocycles. The lowest BCUT2D eigenvalue weighted by molar-refractivity contribution is 1.55. The molecule has 0 heterocycles. The number of nitrogens with zero attached hydrogens (tertiary/aromatic N) is 1. The van der Waals surface area contributed by atoms with Crippen molar-refractivity contribution in [1.82, 2.24) is 0 Å². The molecule has 0 atom stereocenters. The normalized spacial score (nSPS) is 9.07. The average molecular weight is 256 g/mol. The lowest BCUT2D eigenvalue weighted by atomic mass is 10.1. The average Bonchev–Trinajstić information content (AvgIpc) is 2.26. The molecule has 2 aromatic rings. The molecule has 0 saturated carbocycles.